The van der Waals surface area contributed by atoms with Crippen molar-refractivity contribution in [1.29, 1.82) is 0 Å². The lowest BCUT2D eigenvalue weighted by Crippen LogP contribution is -2.21. The summed E-state index contributed by atoms with van der Waals surface area (Å²) in [5.74, 6) is 0.581. The van der Waals surface area contributed by atoms with Gasteiger partial charge >= 0.3 is 0 Å². The first kappa shape index (κ1) is 13.2. The quantitative estimate of drug-likeness (QED) is 0.475. The average Bonchev–Trinajstić information content (AvgIpc) is 2.05. The van der Waals surface area contributed by atoms with Crippen LogP contribution in [0.3, 0.4) is 0 Å². The summed E-state index contributed by atoms with van der Waals surface area (Å²) in [6, 6.07) is 0. The molecule has 0 aliphatic heterocycles. The van der Waals surface area contributed by atoms with E-state index in [-0.39, 0.29) is 0 Å². The van der Waals surface area contributed by atoms with Crippen molar-refractivity contribution in [3.63, 3.8) is 0 Å². The molecular weight excluding hydrogens is 140 g/mol. The number of carbonyl (C=O) groups excluding carboxylic acids is 1. The first-order valence-corrected chi connectivity index (χ1v) is 3.99. The number of carbonyl (C=O) groups is 1. The van der Waals surface area contributed by atoms with E-state index >= 15 is 0 Å². The lowest BCUT2D eigenvalue weighted by atomic mass is 10.1. The van der Waals surface area contributed by atoms with Crippen LogP contribution in [0.1, 0.15) is 26.7 Å². The smallest absolute Gasteiger partial charge is 0.120 e. The minimum atomic E-state index is 0.581. The molecule has 0 radical (unpaired) electrons. The Bertz CT molecular complexity index is 74.5. The van der Waals surface area contributed by atoms with Gasteiger partial charge < -0.3 is 4.79 Å². The molecule has 3 heteroatoms. The van der Waals surface area contributed by atoms with Crippen LogP contribution in [0.4, 0.5) is 0 Å². The number of hydrazine groups is 1. The molecule has 1 unspecified atom stereocenters. The van der Waals surface area contributed by atoms with Crippen LogP contribution in [0, 0.1) is 5.92 Å². The second-order valence-electron chi connectivity index (χ2n) is 2.42. The van der Waals surface area contributed by atoms with Crippen LogP contribution >= 0.6 is 0 Å². The Hall–Kier alpha value is -0.410. The van der Waals surface area contributed by atoms with Crippen LogP contribution < -0.4 is 10.9 Å². The Balaban J connectivity index is 0. The van der Waals surface area contributed by atoms with E-state index in [1.54, 1.807) is 0 Å². The van der Waals surface area contributed by atoms with E-state index < -0.39 is 0 Å². The maximum Gasteiger partial charge on any atom is 0.120 e. The van der Waals surface area contributed by atoms with E-state index in [9.17, 15) is 4.79 Å². The molecule has 2 N–H and O–H groups in total. The molecule has 3 nitrogen and oxygen atoms in total. The third-order valence-corrected chi connectivity index (χ3v) is 1.45. The maximum absolute atomic E-state index is 9.77. The first-order chi connectivity index (χ1) is 5.22. The van der Waals surface area contributed by atoms with Gasteiger partial charge in [-0.1, -0.05) is 20.3 Å². The summed E-state index contributed by atoms with van der Waals surface area (Å²) >= 11 is 0. The summed E-state index contributed by atoms with van der Waals surface area (Å²) in [4.78, 5) is 9.77. The second kappa shape index (κ2) is 12.3. The molecule has 0 saturated heterocycles. The highest BCUT2D eigenvalue weighted by Gasteiger charge is 1.93. The van der Waals surface area contributed by atoms with E-state index in [0.717, 1.165) is 19.1 Å². The highest BCUT2D eigenvalue weighted by Crippen LogP contribution is 2.01. The molecule has 0 aromatic carbocycles. The molecule has 0 aliphatic rings. The van der Waals surface area contributed by atoms with Crippen LogP contribution in [-0.2, 0) is 4.79 Å². The highest BCUT2D eigenvalue weighted by molar-refractivity contribution is 5.49. The van der Waals surface area contributed by atoms with Crippen molar-refractivity contribution in [3.05, 3.63) is 0 Å². The summed E-state index contributed by atoms with van der Waals surface area (Å²) < 4.78 is 0. The number of rotatable bonds is 4. The van der Waals surface area contributed by atoms with E-state index in [2.05, 4.69) is 24.7 Å². The monoisotopic (exact) mass is 160 g/mol. The van der Waals surface area contributed by atoms with Crippen molar-refractivity contribution in [3.8, 4) is 0 Å². The van der Waals surface area contributed by atoms with Crippen molar-refractivity contribution >= 4 is 6.29 Å². The average molecular weight is 160 g/mol. The Morgan fingerprint density at radius 2 is 1.82 bits per heavy atom. The molecule has 0 rings (SSSR count). The van der Waals surface area contributed by atoms with Gasteiger partial charge in [-0.25, -0.2) is 0 Å². The molecular formula is C8H20N2O. The van der Waals surface area contributed by atoms with Crippen LogP contribution in [0.15, 0.2) is 0 Å². The minimum Gasteiger partial charge on any atom is -0.303 e. The Labute approximate surface area is 69.5 Å². The van der Waals surface area contributed by atoms with Gasteiger partial charge in [-0.15, -0.1) is 0 Å². The van der Waals surface area contributed by atoms with E-state index in [0.29, 0.717) is 5.92 Å². The number of hydrogen-bond donors (Lipinski definition) is 2. The Morgan fingerprint density at radius 3 is 1.91 bits per heavy atom. The molecule has 0 aliphatic carbocycles. The molecule has 1 atom stereocenters. The lowest BCUT2D eigenvalue weighted by Gasteiger charge is -1.98. The topological polar surface area (TPSA) is 41.1 Å². The number of nitrogens with one attached hydrogen (secondary N) is 2. The van der Waals surface area contributed by atoms with Crippen LogP contribution in [0.2, 0.25) is 0 Å². The number of hydrogen-bond acceptors (Lipinski definition) is 3. The van der Waals surface area contributed by atoms with Gasteiger partial charge in [0, 0.05) is 6.42 Å². The second-order valence-corrected chi connectivity index (χ2v) is 2.42. The van der Waals surface area contributed by atoms with Gasteiger partial charge in [-0.2, -0.15) is 0 Å². The summed E-state index contributed by atoms with van der Waals surface area (Å²) in [7, 11) is 3.64. The third kappa shape index (κ3) is 17.7. The summed E-state index contributed by atoms with van der Waals surface area (Å²) in [6.07, 6.45) is 2.81. The van der Waals surface area contributed by atoms with Gasteiger partial charge in [0.15, 0.2) is 0 Å². The van der Waals surface area contributed by atoms with Crippen molar-refractivity contribution in [1.82, 2.24) is 10.9 Å². The van der Waals surface area contributed by atoms with Gasteiger partial charge in [0.05, 0.1) is 0 Å². The predicted molar refractivity (Wildman–Crippen MR) is 48.3 cm³/mol. The van der Waals surface area contributed by atoms with E-state index in [4.69, 9.17) is 0 Å². The van der Waals surface area contributed by atoms with Crippen LogP contribution in [0.5, 0.6) is 0 Å². The molecule has 0 heterocycles. The maximum atomic E-state index is 9.77. The van der Waals surface area contributed by atoms with Gasteiger partial charge in [-0.3, -0.25) is 10.9 Å². The van der Waals surface area contributed by atoms with Crippen molar-refractivity contribution in [2.24, 2.45) is 5.92 Å². The standard InChI is InChI=1S/C6H12O.C2H8N2/c1-3-6(2)4-5-7;1-3-4-2/h5-6H,3-4H2,1-2H3;3-4H,1-2H3. The molecule has 0 bridgehead atoms. The summed E-state index contributed by atoms with van der Waals surface area (Å²) in [6.45, 7) is 4.17. The minimum absolute atomic E-state index is 0.581. The molecule has 0 fully saturated rings. The normalized spacial score (nSPS) is 11.3. The molecule has 68 valence electrons. The van der Waals surface area contributed by atoms with E-state index in [1.165, 1.54) is 0 Å². The fraction of sp³-hybridized carbons (Fsp3) is 0.875. The SMILES string of the molecule is CCC(C)CC=O.CNNC. The summed E-state index contributed by atoms with van der Waals surface area (Å²) in [5, 5.41) is 0. The number of aldehydes is 1. The summed E-state index contributed by atoms with van der Waals surface area (Å²) in [5.41, 5.74) is 5.36. The zero-order valence-electron chi connectivity index (χ0n) is 7.98. The van der Waals surface area contributed by atoms with Gasteiger partial charge in [-0.05, 0) is 20.0 Å². The molecule has 0 amide bonds. The molecule has 0 aromatic heterocycles. The zero-order chi connectivity index (χ0) is 9.11. The molecule has 0 aromatic rings. The first-order valence-electron chi connectivity index (χ1n) is 3.99. The largest absolute Gasteiger partial charge is 0.303 e. The van der Waals surface area contributed by atoms with Crippen molar-refractivity contribution < 1.29 is 4.79 Å². The van der Waals surface area contributed by atoms with Crippen molar-refractivity contribution in [2.75, 3.05) is 14.1 Å². The molecule has 0 saturated carbocycles. The Kier molecular flexibility index (Phi) is 14.7. The fourth-order valence-corrected chi connectivity index (χ4v) is 0.331. The predicted octanol–water partition coefficient (Wildman–Crippen LogP) is 0.962. The highest BCUT2D eigenvalue weighted by atomic mass is 16.1. The molecule has 0 spiro atoms. The van der Waals surface area contributed by atoms with E-state index in [1.807, 2.05) is 14.1 Å². The van der Waals surface area contributed by atoms with Crippen LogP contribution in [0.25, 0.3) is 0 Å². The fourth-order valence-electron chi connectivity index (χ4n) is 0.331. The van der Waals surface area contributed by atoms with Gasteiger partial charge in [0.2, 0.25) is 0 Å². The molecule has 11 heavy (non-hydrogen) atoms. The lowest BCUT2D eigenvalue weighted by molar-refractivity contribution is -0.108. The van der Waals surface area contributed by atoms with Crippen LogP contribution in [-0.4, -0.2) is 20.4 Å². The Morgan fingerprint density at radius 1 is 1.36 bits per heavy atom. The third-order valence-electron chi connectivity index (χ3n) is 1.45. The zero-order valence-corrected chi connectivity index (χ0v) is 7.98. The van der Waals surface area contributed by atoms with Crippen molar-refractivity contribution in [2.45, 2.75) is 26.7 Å². The van der Waals surface area contributed by atoms with Gasteiger partial charge in [0.1, 0.15) is 6.29 Å². The van der Waals surface area contributed by atoms with Gasteiger partial charge in [0.25, 0.3) is 0 Å².